The van der Waals surface area contributed by atoms with Crippen LogP contribution in [-0.4, -0.2) is 25.5 Å². The molecule has 10 nitrogen and oxygen atoms in total. The van der Waals surface area contributed by atoms with Gasteiger partial charge in [-0.05, 0) is 0 Å². The molecule has 0 atom stereocenters. The Labute approximate surface area is 64.6 Å². The molecule has 0 rings (SSSR count). The third-order valence-electron chi connectivity index (χ3n) is 0.631. The first-order valence-electron chi connectivity index (χ1n) is 1.93. The standard InChI is InChI=1S/N2O8S2/c3-1(4)11(7,8)12(9,10)2(5)6. The van der Waals surface area contributed by atoms with Gasteiger partial charge in [-0.15, -0.1) is 16.8 Å². The average Bonchev–Trinajstić information content (AvgIpc) is 1.86. The maximum atomic E-state index is 10.1. The Balaban J connectivity index is 5.70. The van der Waals surface area contributed by atoms with Crippen molar-refractivity contribution in [3.05, 3.63) is 20.2 Å². The highest BCUT2D eigenvalue weighted by Gasteiger charge is 2.53. The van der Waals surface area contributed by atoms with Gasteiger partial charge in [0.2, 0.25) is 0 Å². The average molecular weight is 220 g/mol. The Bertz CT molecular complexity index is 366. The largest absolute Gasteiger partial charge is 0.597 e. The summed E-state index contributed by atoms with van der Waals surface area (Å²) in [4.78, 5) is 19.0. The van der Waals surface area contributed by atoms with Crippen molar-refractivity contribution >= 4 is 18.1 Å². The number of hydrogen-bond acceptors (Lipinski definition) is 8. The van der Waals surface area contributed by atoms with E-state index in [4.69, 9.17) is 0 Å². The fraction of sp³-hybridized carbons (Fsp3) is 0. The van der Waals surface area contributed by atoms with Gasteiger partial charge in [-0.25, -0.2) is 20.2 Å². The van der Waals surface area contributed by atoms with E-state index in [1.165, 1.54) is 0 Å². The van der Waals surface area contributed by atoms with E-state index in [9.17, 15) is 37.1 Å². The van der Waals surface area contributed by atoms with Gasteiger partial charge in [0.1, 0.15) is 0 Å². The van der Waals surface area contributed by atoms with Crippen molar-refractivity contribution in [1.29, 1.82) is 0 Å². The molecule has 0 fully saturated rings. The number of hydrogen-bond donors (Lipinski definition) is 0. The van der Waals surface area contributed by atoms with Crippen LogP contribution in [-0.2, 0) is 18.1 Å². The van der Waals surface area contributed by atoms with Crippen molar-refractivity contribution in [2.45, 2.75) is 0 Å². The minimum atomic E-state index is -5.98. The van der Waals surface area contributed by atoms with Crippen LogP contribution in [0.1, 0.15) is 0 Å². The second-order valence-corrected chi connectivity index (χ2v) is 6.14. The highest BCUT2D eigenvalue weighted by molar-refractivity contribution is 8.62. The molecule has 70 valence electrons. The monoisotopic (exact) mass is 220 g/mol. The molecule has 0 spiro atoms. The number of nitro groups is 2. The molecule has 0 saturated carbocycles. The third-order valence-corrected chi connectivity index (χ3v) is 4.22. The van der Waals surface area contributed by atoms with Gasteiger partial charge in [-0.1, -0.05) is 0 Å². The second-order valence-electron chi connectivity index (χ2n) is 1.30. The molecule has 0 heterocycles. The van der Waals surface area contributed by atoms with Crippen LogP contribution < -0.4 is 0 Å². The SMILES string of the molecule is O=[N+]([O-])S(=O)(=O)S(=O)(=O)[N+](=O)[O-]. The molecule has 0 bridgehead atoms. The van der Waals surface area contributed by atoms with Crippen LogP contribution in [0.3, 0.4) is 0 Å². The van der Waals surface area contributed by atoms with E-state index < -0.39 is 26.8 Å². The Kier molecular flexibility index (Phi) is 2.35. The van der Waals surface area contributed by atoms with E-state index in [1.54, 1.807) is 0 Å². The summed E-state index contributed by atoms with van der Waals surface area (Å²) in [6.07, 6.45) is 0. The van der Waals surface area contributed by atoms with Crippen LogP contribution in [0.2, 0.25) is 0 Å². The number of rotatable bonds is 3. The number of nitrogens with zero attached hydrogens (tertiary/aromatic N) is 2. The third kappa shape index (κ3) is 1.33. The van der Waals surface area contributed by atoms with E-state index >= 15 is 0 Å². The molecule has 0 aliphatic heterocycles. The molecule has 0 aromatic carbocycles. The molecule has 0 aromatic rings. The molecule has 0 unspecified atom stereocenters. The van der Waals surface area contributed by atoms with Crippen LogP contribution in [0, 0.1) is 20.2 Å². The maximum absolute atomic E-state index is 10.1. The molecule has 12 heavy (non-hydrogen) atoms. The smallest absolute Gasteiger partial charge is 0.246 e. The summed E-state index contributed by atoms with van der Waals surface area (Å²) in [6.45, 7) is 0. The van der Waals surface area contributed by atoms with E-state index in [0.29, 0.717) is 0 Å². The lowest BCUT2D eigenvalue weighted by Crippen LogP contribution is -2.28. The first kappa shape index (κ1) is 10.7. The summed E-state index contributed by atoms with van der Waals surface area (Å²) >= 11 is 0. The van der Waals surface area contributed by atoms with Crippen LogP contribution in [0.4, 0.5) is 0 Å². The zero-order chi connectivity index (χ0) is 10.2. The van der Waals surface area contributed by atoms with Crippen molar-refractivity contribution in [2.24, 2.45) is 0 Å². The lowest BCUT2D eigenvalue weighted by Gasteiger charge is -1.87. The molecular formula is N2O8S2. The lowest BCUT2D eigenvalue weighted by molar-refractivity contribution is -0.320. The van der Waals surface area contributed by atoms with Gasteiger partial charge in [0.15, 0.2) is 8.66 Å². The fourth-order valence-corrected chi connectivity index (χ4v) is 1.38. The van der Waals surface area contributed by atoms with Gasteiger partial charge in [0.25, 0.3) is 0 Å². The quantitative estimate of drug-likeness (QED) is 0.303. The maximum Gasteiger partial charge on any atom is 0.597 e. The summed E-state index contributed by atoms with van der Waals surface area (Å²) < 4.78 is 35.8. The van der Waals surface area contributed by atoms with Crippen molar-refractivity contribution in [3.8, 4) is 0 Å². The molecule has 0 aliphatic carbocycles. The molecule has 0 aromatic heterocycles. The van der Waals surface area contributed by atoms with Gasteiger partial charge in [0, 0.05) is 0 Å². The Morgan fingerprint density at radius 1 is 0.750 bits per heavy atom. The van der Waals surface area contributed by atoms with Crippen molar-refractivity contribution in [1.82, 2.24) is 0 Å². The van der Waals surface area contributed by atoms with Crippen LogP contribution in [0.15, 0.2) is 0 Å². The summed E-state index contributed by atoms with van der Waals surface area (Å²) in [5.74, 6) is 0. The lowest BCUT2D eigenvalue weighted by atomic mass is 13.4. The first-order valence-corrected chi connectivity index (χ1v) is 5.33. The Morgan fingerprint density at radius 3 is 1.00 bits per heavy atom. The Hall–Kier alpha value is -1.30. The molecule has 0 saturated heterocycles. The highest BCUT2D eigenvalue weighted by atomic mass is 33.2. The minimum Gasteiger partial charge on any atom is -0.246 e. The highest BCUT2D eigenvalue weighted by Crippen LogP contribution is 2.04. The van der Waals surface area contributed by atoms with Gasteiger partial charge in [0.05, 0.1) is 0 Å². The van der Waals surface area contributed by atoms with Crippen molar-refractivity contribution in [2.75, 3.05) is 0 Å². The van der Waals surface area contributed by atoms with Gasteiger partial charge in [-0.2, -0.15) is 0 Å². The van der Waals surface area contributed by atoms with Crippen molar-refractivity contribution in [3.63, 3.8) is 0 Å². The molecule has 12 heteroatoms. The van der Waals surface area contributed by atoms with Crippen molar-refractivity contribution < 1.29 is 25.5 Å². The molecule has 0 amide bonds. The van der Waals surface area contributed by atoms with Gasteiger partial charge in [-0.3, -0.25) is 0 Å². The van der Waals surface area contributed by atoms with Gasteiger partial charge >= 0.3 is 18.1 Å². The zero-order valence-corrected chi connectivity index (χ0v) is 6.61. The predicted molar refractivity (Wildman–Crippen MR) is 31.8 cm³/mol. The molecular weight excluding hydrogens is 220 g/mol. The first-order chi connectivity index (χ1) is 5.14. The summed E-state index contributed by atoms with van der Waals surface area (Å²) in [6, 6.07) is 0. The predicted octanol–water partition coefficient (Wildman–Crippen LogP) is -1.89. The fourth-order valence-electron chi connectivity index (χ4n) is 0.154. The van der Waals surface area contributed by atoms with E-state index in [-0.39, 0.29) is 0 Å². The second kappa shape index (κ2) is 2.63. The zero-order valence-electron chi connectivity index (χ0n) is 4.98. The van der Waals surface area contributed by atoms with Crippen LogP contribution in [0.25, 0.3) is 0 Å². The topological polar surface area (TPSA) is 155 Å². The Morgan fingerprint density at radius 2 is 0.917 bits per heavy atom. The molecule has 0 radical (unpaired) electrons. The van der Waals surface area contributed by atoms with E-state index in [1.807, 2.05) is 0 Å². The molecule has 0 aliphatic rings. The van der Waals surface area contributed by atoms with E-state index in [0.717, 1.165) is 0 Å². The van der Waals surface area contributed by atoms with Gasteiger partial charge < -0.3 is 0 Å². The summed E-state index contributed by atoms with van der Waals surface area (Å²) in [5, 5.41) is 19.0. The van der Waals surface area contributed by atoms with Crippen LogP contribution >= 0.6 is 0 Å². The van der Waals surface area contributed by atoms with Crippen LogP contribution in [0.5, 0.6) is 0 Å². The molecule has 0 N–H and O–H groups in total. The summed E-state index contributed by atoms with van der Waals surface area (Å²) in [5.41, 5.74) is 0. The normalized spacial score (nSPS) is 12.3. The van der Waals surface area contributed by atoms with E-state index in [2.05, 4.69) is 0 Å². The minimum absolute atomic E-state index is 2.24. The summed E-state index contributed by atoms with van der Waals surface area (Å²) in [7, 11) is -12.0.